The van der Waals surface area contributed by atoms with Crippen LogP contribution in [0.2, 0.25) is 0 Å². The molecule has 1 aliphatic rings. The van der Waals surface area contributed by atoms with E-state index in [1.807, 2.05) is 35.2 Å². The SMILES string of the molecule is CCN1CCN(C(=O)CSc2nccnc2Sc2ccccc2)CC1. The quantitative estimate of drug-likeness (QED) is 0.725. The van der Waals surface area contributed by atoms with Crippen LogP contribution in [0.25, 0.3) is 0 Å². The van der Waals surface area contributed by atoms with E-state index in [-0.39, 0.29) is 5.91 Å². The molecule has 1 aromatic carbocycles. The molecule has 7 heteroatoms. The molecule has 0 aliphatic carbocycles. The Morgan fingerprint density at radius 3 is 2.40 bits per heavy atom. The van der Waals surface area contributed by atoms with Crippen LogP contribution in [0, 0.1) is 0 Å². The lowest BCUT2D eigenvalue weighted by Gasteiger charge is -2.34. The molecule has 0 N–H and O–H groups in total. The second-order valence-electron chi connectivity index (χ2n) is 5.69. The van der Waals surface area contributed by atoms with Crippen molar-refractivity contribution in [3.8, 4) is 0 Å². The Balaban J connectivity index is 1.57. The van der Waals surface area contributed by atoms with Crippen molar-refractivity contribution in [2.45, 2.75) is 21.9 Å². The second-order valence-corrected chi connectivity index (χ2v) is 7.71. The van der Waals surface area contributed by atoms with Crippen molar-refractivity contribution in [1.82, 2.24) is 19.8 Å². The normalized spacial score (nSPS) is 15.3. The largest absolute Gasteiger partial charge is 0.339 e. The number of likely N-dealkylation sites (N-methyl/N-ethyl adjacent to an activating group) is 1. The van der Waals surface area contributed by atoms with Crippen LogP contribution in [-0.2, 0) is 4.79 Å². The van der Waals surface area contributed by atoms with Crippen LogP contribution in [0.3, 0.4) is 0 Å². The molecule has 1 aliphatic heterocycles. The van der Waals surface area contributed by atoms with Gasteiger partial charge in [0.25, 0.3) is 0 Å². The molecular weight excluding hydrogens is 352 g/mol. The highest BCUT2D eigenvalue weighted by molar-refractivity contribution is 8.02. The number of nitrogens with zero attached hydrogens (tertiary/aromatic N) is 4. The maximum Gasteiger partial charge on any atom is 0.233 e. The summed E-state index contributed by atoms with van der Waals surface area (Å²) in [4.78, 5) is 26.8. The Morgan fingerprint density at radius 2 is 1.72 bits per heavy atom. The van der Waals surface area contributed by atoms with E-state index in [9.17, 15) is 4.79 Å². The van der Waals surface area contributed by atoms with E-state index >= 15 is 0 Å². The number of carbonyl (C=O) groups excluding carboxylic acids is 1. The predicted molar refractivity (Wildman–Crippen MR) is 102 cm³/mol. The number of hydrogen-bond donors (Lipinski definition) is 0. The van der Waals surface area contributed by atoms with Crippen molar-refractivity contribution in [3.05, 3.63) is 42.7 Å². The Morgan fingerprint density at radius 1 is 1.04 bits per heavy atom. The molecule has 3 rings (SSSR count). The number of rotatable bonds is 6. The summed E-state index contributed by atoms with van der Waals surface area (Å²) in [6.07, 6.45) is 3.38. The molecule has 0 bridgehead atoms. The Hall–Kier alpha value is -1.57. The van der Waals surface area contributed by atoms with Crippen LogP contribution in [0.5, 0.6) is 0 Å². The van der Waals surface area contributed by atoms with Gasteiger partial charge in [0.15, 0.2) is 0 Å². The zero-order valence-electron chi connectivity index (χ0n) is 14.3. The monoisotopic (exact) mass is 374 g/mol. The van der Waals surface area contributed by atoms with E-state index in [0.29, 0.717) is 5.75 Å². The molecule has 0 radical (unpaired) electrons. The minimum absolute atomic E-state index is 0.182. The Bertz CT molecular complexity index is 690. The highest BCUT2D eigenvalue weighted by Crippen LogP contribution is 2.32. The van der Waals surface area contributed by atoms with Crippen molar-refractivity contribution in [1.29, 1.82) is 0 Å². The van der Waals surface area contributed by atoms with Crippen molar-refractivity contribution in [3.63, 3.8) is 0 Å². The van der Waals surface area contributed by atoms with E-state index in [1.165, 1.54) is 11.8 Å². The number of thioether (sulfide) groups is 1. The van der Waals surface area contributed by atoms with Gasteiger partial charge >= 0.3 is 0 Å². The zero-order chi connectivity index (χ0) is 17.5. The number of piperazine rings is 1. The molecule has 1 saturated heterocycles. The lowest BCUT2D eigenvalue weighted by Crippen LogP contribution is -2.49. The average Bonchev–Trinajstić information content (AvgIpc) is 2.68. The highest BCUT2D eigenvalue weighted by atomic mass is 32.2. The molecule has 0 atom stereocenters. The summed E-state index contributed by atoms with van der Waals surface area (Å²) in [5, 5.41) is 1.67. The van der Waals surface area contributed by atoms with Crippen LogP contribution >= 0.6 is 23.5 Å². The summed E-state index contributed by atoms with van der Waals surface area (Å²) in [7, 11) is 0. The fraction of sp³-hybridized carbons (Fsp3) is 0.389. The van der Waals surface area contributed by atoms with Crippen molar-refractivity contribution >= 4 is 29.4 Å². The van der Waals surface area contributed by atoms with E-state index in [0.717, 1.165) is 47.7 Å². The maximum absolute atomic E-state index is 12.5. The molecule has 2 aromatic rings. The summed E-state index contributed by atoms with van der Waals surface area (Å²) in [5.74, 6) is 0.592. The summed E-state index contributed by atoms with van der Waals surface area (Å²) in [5.41, 5.74) is 0. The van der Waals surface area contributed by atoms with Gasteiger partial charge in [0, 0.05) is 43.5 Å². The first-order valence-electron chi connectivity index (χ1n) is 8.43. The topological polar surface area (TPSA) is 49.3 Å². The minimum Gasteiger partial charge on any atom is -0.339 e. The standard InChI is InChI=1S/C18H22N4OS2/c1-2-21-10-12-22(13-11-21)16(23)14-24-17-18(20-9-8-19-17)25-15-6-4-3-5-7-15/h3-9H,2,10-14H2,1H3. The van der Waals surface area contributed by atoms with Crippen LogP contribution in [0.15, 0.2) is 57.7 Å². The van der Waals surface area contributed by atoms with Gasteiger partial charge in [-0.3, -0.25) is 4.79 Å². The number of benzene rings is 1. The molecule has 0 spiro atoms. The zero-order valence-corrected chi connectivity index (χ0v) is 15.9. The third kappa shape index (κ3) is 5.20. The molecule has 0 unspecified atom stereocenters. The van der Waals surface area contributed by atoms with Gasteiger partial charge in [0.2, 0.25) is 5.91 Å². The molecule has 1 aromatic heterocycles. The van der Waals surface area contributed by atoms with Crippen molar-refractivity contribution in [2.75, 3.05) is 38.5 Å². The number of hydrogen-bond acceptors (Lipinski definition) is 6. The van der Waals surface area contributed by atoms with Crippen LogP contribution < -0.4 is 0 Å². The lowest BCUT2D eigenvalue weighted by molar-refractivity contribution is -0.130. The fourth-order valence-electron chi connectivity index (χ4n) is 2.62. The lowest BCUT2D eigenvalue weighted by atomic mass is 10.3. The van der Waals surface area contributed by atoms with Crippen LogP contribution in [0.4, 0.5) is 0 Å². The van der Waals surface area contributed by atoms with E-state index in [1.54, 1.807) is 24.2 Å². The van der Waals surface area contributed by atoms with Gasteiger partial charge in [0.1, 0.15) is 10.1 Å². The van der Waals surface area contributed by atoms with Gasteiger partial charge in [-0.25, -0.2) is 9.97 Å². The first-order chi connectivity index (χ1) is 12.3. The fourth-order valence-corrected chi connectivity index (χ4v) is 4.44. The second kappa shape index (κ2) is 9.22. The summed E-state index contributed by atoms with van der Waals surface area (Å²) < 4.78 is 0. The molecule has 132 valence electrons. The third-order valence-electron chi connectivity index (χ3n) is 4.10. The van der Waals surface area contributed by atoms with Gasteiger partial charge in [-0.2, -0.15) is 0 Å². The van der Waals surface area contributed by atoms with Crippen molar-refractivity contribution in [2.24, 2.45) is 0 Å². The first-order valence-corrected chi connectivity index (χ1v) is 10.2. The van der Waals surface area contributed by atoms with Gasteiger partial charge in [-0.1, -0.05) is 48.6 Å². The van der Waals surface area contributed by atoms with Gasteiger partial charge < -0.3 is 9.80 Å². The van der Waals surface area contributed by atoms with E-state index in [2.05, 4.69) is 21.8 Å². The summed E-state index contributed by atoms with van der Waals surface area (Å²) in [6, 6.07) is 10.1. The predicted octanol–water partition coefficient (Wildman–Crippen LogP) is 2.88. The Kier molecular flexibility index (Phi) is 6.72. The van der Waals surface area contributed by atoms with Gasteiger partial charge in [0.05, 0.1) is 5.75 Å². The molecule has 5 nitrogen and oxygen atoms in total. The highest BCUT2D eigenvalue weighted by Gasteiger charge is 2.20. The molecule has 25 heavy (non-hydrogen) atoms. The average molecular weight is 375 g/mol. The number of aromatic nitrogens is 2. The van der Waals surface area contributed by atoms with Gasteiger partial charge in [-0.05, 0) is 18.7 Å². The smallest absolute Gasteiger partial charge is 0.233 e. The summed E-state index contributed by atoms with van der Waals surface area (Å²) in [6.45, 7) is 6.78. The molecular formula is C18H22N4OS2. The van der Waals surface area contributed by atoms with E-state index < -0.39 is 0 Å². The third-order valence-corrected chi connectivity index (χ3v) is 6.19. The van der Waals surface area contributed by atoms with Gasteiger partial charge in [-0.15, -0.1) is 0 Å². The molecule has 2 heterocycles. The number of carbonyl (C=O) groups is 1. The van der Waals surface area contributed by atoms with E-state index in [4.69, 9.17) is 0 Å². The molecule has 1 fully saturated rings. The first kappa shape index (κ1) is 18.2. The summed E-state index contributed by atoms with van der Waals surface area (Å²) >= 11 is 3.05. The molecule has 0 saturated carbocycles. The minimum atomic E-state index is 0.182. The molecule has 1 amide bonds. The number of amides is 1. The Labute approximate surface area is 157 Å². The van der Waals surface area contributed by atoms with Crippen molar-refractivity contribution < 1.29 is 4.79 Å². The van der Waals surface area contributed by atoms with Crippen LogP contribution in [0.1, 0.15) is 6.92 Å². The maximum atomic E-state index is 12.5. The van der Waals surface area contributed by atoms with Crippen LogP contribution in [-0.4, -0.2) is 64.2 Å².